The maximum Gasteiger partial charge on any atom is 0.433 e. The standard InChI is InChI=1S/C12H4Cl3F3IN/c13-5-3-7(14)10(8(15)4-5)6-1-2-9(12(16,17)18)20-11(6)19/h1-4H. The summed E-state index contributed by atoms with van der Waals surface area (Å²) in [5.74, 6) is 0. The molecule has 2 rings (SSSR count). The largest absolute Gasteiger partial charge is 0.433 e. The van der Waals surface area contributed by atoms with E-state index in [9.17, 15) is 13.2 Å². The molecule has 0 fully saturated rings. The predicted octanol–water partition coefficient (Wildman–Crippen LogP) is 6.33. The third-order valence-corrected chi connectivity index (χ3v) is 4.05. The molecule has 20 heavy (non-hydrogen) atoms. The van der Waals surface area contributed by atoms with Gasteiger partial charge in [0, 0.05) is 16.1 Å². The minimum absolute atomic E-state index is 0.156. The summed E-state index contributed by atoms with van der Waals surface area (Å²) in [5.41, 5.74) is -0.138. The topological polar surface area (TPSA) is 12.9 Å². The van der Waals surface area contributed by atoms with Crippen molar-refractivity contribution in [3.8, 4) is 11.1 Å². The van der Waals surface area contributed by atoms with Crippen molar-refractivity contribution in [3.63, 3.8) is 0 Å². The Morgan fingerprint density at radius 2 is 1.55 bits per heavy atom. The van der Waals surface area contributed by atoms with Gasteiger partial charge < -0.3 is 0 Å². The molecule has 0 bridgehead atoms. The Morgan fingerprint density at radius 3 is 2.00 bits per heavy atom. The van der Waals surface area contributed by atoms with Gasteiger partial charge in [0.25, 0.3) is 0 Å². The highest BCUT2D eigenvalue weighted by atomic mass is 127. The number of rotatable bonds is 1. The molecule has 0 atom stereocenters. The average molecular weight is 452 g/mol. The lowest BCUT2D eigenvalue weighted by Gasteiger charge is -2.12. The number of pyridine rings is 1. The number of hydrogen-bond acceptors (Lipinski definition) is 1. The molecule has 8 heteroatoms. The van der Waals surface area contributed by atoms with Crippen molar-refractivity contribution < 1.29 is 13.2 Å². The first-order valence-corrected chi connectivity index (χ1v) is 7.30. The number of aromatic nitrogens is 1. The van der Waals surface area contributed by atoms with Gasteiger partial charge in [-0.25, -0.2) is 4.98 Å². The Kier molecular flexibility index (Phi) is 4.73. The summed E-state index contributed by atoms with van der Waals surface area (Å²) in [6.07, 6.45) is -4.49. The molecule has 0 radical (unpaired) electrons. The Morgan fingerprint density at radius 1 is 1.00 bits per heavy atom. The molecule has 1 heterocycles. The van der Waals surface area contributed by atoms with Crippen molar-refractivity contribution in [2.45, 2.75) is 6.18 Å². The lowest BCUT2D eigenvalue weighted by Crippen LogP contribution is -2.09. The van der Waals surface area contributed by atoms with Crippen molar-refractivity contribution in [1.82, 2.24) is 4.98 Å². The van der Waals surface area contributed by atoms with Crippen molar-refractivity contribution >= 4 is 57.4 Å². The van der Waals surface area contributed by atoms with Gasteiger partial charge in [-0.3, -0.25) is 0 Å². The molecule has 0 aliphatic carbocycles. The third-order valence-electron chi connectivity index (χ3n) is 2.42. The van der Waals surface area contributed by atoms with E-state index in [1.54, 1.807) is 22.6 Å². The zero-order chi connectivity index (χ0) is 15.1. The van der Waals surface area contributed by atoms with Gasteiger partial charge >= 0.3 is 6.18 Å². The first kappa shape index (κ1) is 16.1. The zero-order valence-corrected chi connectivity index (χ0v) is 13.8. The van der Waals surface area contributed by atoms with Gasteiger partial charge in [0.15, 0.2) is 0 Å². The fourth-order valence-electron chi connectivity index (χ4n) is 1.58. The molecule has 0 N–H and O–H groups in total. The van der Waals surface area contributed by atoms with Crippen LogP contribution in [-0.4, -0.2) is 4.98 Å². The molecule has 0 saturated heterocycles. The van der Waals surface area contributed by atoms with Crippen LogP contribution in [0.15, 0.2) is 24.3 Å². The third kappa shape index (κ3) is 3.32. The van der Waals surface area contributed by atoms with Crippen molar-refractivity contribution in [2.75, 3.05) is 0 Å². The van der Waals surface area contributed by atoms with Crippen LogP contribution in [0, 0.1) is 3.70 Å². The summed E-state index contributed by atoms with van der Waals surface area (Å²) >= 11 is 19.6. The molecule has 106 valence electrons. The smallest absolute Gasteiger partial charge is 0.237 e. The summed E-state index contributed by atoms with van der Waals surface area (Å²) < 4.78 is 37.9. The van der Waals surface area contributed by atoms with Gasteiger partial charge in [-0.2, -0.15) is 13.2 Å². The molecule has 0 aliphatic rings. The monoisotopic (exact) mass is 451 g/mol. The minimum Gasteiger partial charge on any atom is -0.237 e. The van der Waals surface area contributed by atoms with Crippen LogP contribution in [0.25, 0.3) is 11.1 Å². The average Bonchev–Trinajstić information content (AvgIpc) is 2.28. The number of alkyl halides is 3. The maximum atomic E-state index is 12.6. The first-order chi connectivity index (χ1) is 9.20. The van der Waals surface area contributed by atoms with E-state index >= 15 is 0 Å². The van der Waals surface area contributed by atoms with Crippen LogP contribution in [0.2, 0.25) is 15.1 Å². The summed E-state index contributed by atoms with van der Waals surface area (Å²) in [6, 6.07) is 5.12. The second kappa shape index (κ2) is 5.87. The highest BCUT2D eigenvalue weighted by Crippen LogP contribution is 2.39. The number of benzene rings is 1. The lowest BCUT2D eigenvalue weighted by molar-refractivity contribution is -0.141. The normalized spacial score (nSPS) is 11.8. The quantitative estimate of drug-likeness (QED) is 0.364. The van der Waals surface area contributed by atoms with E-state index in [0.29, 0.717) is 16.1 Å². The van der Waals surface area contributed by atoms with Crippen LogP contribution in [0.5, 0.6) is 0 Å². The number of nitrogens with zero attached hydrogens (tertiary/aromatic N) is 1. The molecule has 2 aromatic rings. The highest BCUT2D eigenvalue weighted by molar-refractivity contribution is 14.1. The molecule has 0 unspecified atom stereocenters. The molecule has 0 aliphatic heterocycles. The number of hydrogen-bond donors (Lipinski definition) is 0. The predicted molar refractivity (Wildman–Crippen MR) is 82.4 cm³/mol. The van der Waals surface area contributed by atoms with Gasteiger partial charge in [-0.15, -0.1) is 0 Å². The molecule has 0 spiro atoms. The highest BCUT2D eigenvalue weighted by Gasteiger charge is 2.33. The SMILES string of the molecule is FC(F)(F)c1ccc(-c2c(Cl)cc(Cl)cc2Cl)c(I)n1. The van der Waals surface area contributed by atoms with Gasteiger partial charge in [-0.05, 0) is 46.9 Å². The van der Waals surface area contributed by atoms with Gasteiger partial charge in [0.05, 0.1) is 10.0 Å². The van der Waals surface area contributed by atoms with E-state index in [1.165, 1.54) is 18.2 Å². The molecule has 1 aromatic carbocycles. The summed E-state index contributed by atoms with van der Waals surface area (Å²) in [6.45, 7) is 0. The molecule has 1 nitrogen and oxygen atoms in total. The molecular weight excluding hydrogens is 448 g/mol. The molecule has 0 saturated carbocycles. The van der Waals surface area contributed by atoms with Crippen molar-refractivity contribution in [1.29, 1.82) is 0 Å². The van der Waals surface area contributed by atoms with Crippen LogP contribution >= 0.6 is 57.4 Å². The zero-order valence-electron chi connectivity index (χ0n) is 9.40. The fraction of sp³-hybridized carbons (Fsp3) is 0.0833. The first-order valence-electron chi connectivity index (χ1n) is 5.09. The Hall–Kier alpha value is -0.240. The summed E-state index contributed by atoms with van der Waals surface area (Å²) in [5, 5.41) is 0.850. The van der Waals surface area contributed by atoms with E-state index in [0.717, 1.165) is 6.07 Å². The van der Waals surface area contributed by atoms with Gasteiger partial charge in [-0.1, -0.05) is 34.8 Å². The lowest BCUT2D eigenvalue weighted by atomic mass is 10.1. The molecule has 0 amide bonds. The minimum atomic E-state index is -4.49. The van der Waals surface area contributed by atoms with Gasteiger partial charge in [0.2, 0.25) is 0 Å². The van der Waals surface area contributed by atoms with E-state index in [1.807, 2.05) is 0 Å². The van der Waals surface area contributed by atoms with Crippen molar-refractivity contribution in [2.24, 2.45) is 0 Å². The fourth-order valence-corrected chi connectivity index (χ4v) is 3.31. The van der Waals surface area contributed by atoms with Crippen LogP contribution in [0.4, 0.5) is 13.2 Å². The van der Waals surface area contributed by atoms with Gasteiger partial charge in [0.1, 0.15) is 9.39 Å². The second-order valence-electron chi connectivity index (χ2n) is 3.78. The number of halogens is 7. The molecular formula is C12H4Cl3F3IN. The Balaban J connectivity index is 2.61. The van der Waals surface area contributed by atoms with Crippen LogP contribution < -0.4 is 0 Å². The van der Waals surface area contributed by atoms with Crippen LogP contribution in [-0.2, 0) is 6.18 Å². The second-order valence-corrected chi connectivity index (χ2v) is 6.05. The molecule has 1 aromatic heterocycles. The van der Waals surface area contributed by atoms with Crippen LogP contribution in [0.3, 0.4) is 0 Å². The summed E-state index contributed by atoms with van der Waals surface area (Å²) in [7, 11) is 0. The Bertz CT molecular complexity index is 650. The van der Waals surface area contributed by atoms with E-state index in [-0.39, 0.29) is 13.7 Å². The Labute approximate surface area is 141 Å². The van der Waals surface area contributed by atoms with E-state index in [2.05, 4.69) is 4.98 Å². The van der Waals surface area contributed by atoms with E-state index < -0.39 is 11.9 Å². The van der Waals surface area contributed by atoms with Crippen molar-refractivity contribution in [3.05, 3.63) is 48.7 Å². The van der Waals surface area contributed by atoms with E-state index in [4.69, 9.17) is 34.8 Å². The maximum absolute atomic E-state index is 12.6. The van der Waals surface area contributed by atoms with Crippen LogP contribution in [0.1, 0.15) is 5.69 Å². The summed E-state index contributed by atoms with van der Waals surface area (Å²) in [4.78, 5) is 3.54.